The van der Waals surface area contributed by atoms with Gasteiger partial charge >= 0.3 is 0 Å². The van der Waals surface area contributed by atoms with Crippen molar-refractivity contribution in [3.63, 3.8) is 0 Å². The summed E-state index contributed by atoms with van der Waals surface area (Å²) >= 11 is 0. The van der Waals surface area contributed by atoms with Gasteiger partial charge in [-0.2, -0.15) is 0 Å². The van der Waals surface area contributed by atoms with Gasteiger partial charge < -0.3 is 0 Å². The molecular weight excluding hydrogens is 240 g/mol. The van der Waals surface area contributed by atoms with E-state index in [1.165, 1.54) is 21.9 Å². The third-order valence-electron chi connectivity index (χ3n) is 3.31. The lowest BCUT2D eigenvalue weighted by Crippen LogP contribution is -1.83. The van der Waals surface area contributed by atoms with Gasteiger partial charge in [0.2, 0.25) is 0 Å². The van der Waals surface area contributed by atoms with Gasteiger partial charge in [0, 0.05) is 0 Å². The molecule has 3 aromatic carbocycles. The molecule has 0 fully saturated rings. The van der Waals surface area contributed by atoms with Crippen molar-refractivity contribution in [2.24, 2.45) is 0 Å². The predicted molar refractivity (Wildman–Crippen MR) is 89.9 cm³/mol. The fraction of sp³-hybridized carbons (Fsp3) is 0.100. The Bertz CT molecular complexity index is 615. The highest BCUT2D eigenvalue weighted by Gasteiger charge is 1.91. The van der Waals surface area contributed by atoms with Gasteiger partial charge in [-0.3, -0.25) is 0 Å². The number of rotatable bonds is 2. The van der Waals surface area contributed by atoms with E-state index in [1.807, 2.05) is 12.1 Å². The Balaban J connectivity index is 0.000000147. The van der Waals surface area contributed by atoms with Crippen molar-refractivity contribution in [2.75, 3.05) is 0 Å². The Morgan fingerprint density at radius 2 is 1.20 bits per heavy atom. The number of hydrogen-bond acceptors (Lipinski definition) is 0. The fourth-order valence-corrected chi connectivity index (χ4v) is 2.19. The molecule has 0 heterocycles. The molecule has 3 rings (SSSR count). The van der Waals surface area contributed by atoms with Crippen molar-refractivity contribution in [3.05, 3.63) is 90.5 Å². The Labute approximate surface area is 121 Å². The van der Waals surface area contributed by atoms with E-state index in [2.05, 4.69) is 80.2 Å². The third-order valence-corrected chi connectivity index (χ3v) is 3.31. The molecule has 0 aliphatic carbocycles. The van der Waals surface area contributed by atoms with Gasteiger partial charge in [-0.25, -0.2) is 0 Å². The predicted octanol–water partition coefficient (Wildman–Crippen LogP) is 5.73. The maximum atomic E-state index is 3.74. The molecule has 20 heavy (non-hydrogen) atoms. The van der Waals surface area contributed by atoms with Gasteiger partial charge in [0.25, 0.3) is 0 Å². The molecule has 0 aliphatic heterocycles. The Kier molecular flexibility index (Phi) is 5.14. The fourth-order valence-electron chi connectivity index (χ4n) is 2.19. The zero-order valence-electron chi connectivity index (χ0n) is 11.9. The van der Waals surface area contributed by atoms with E-state index in [0.29, 0.717) is 0 Å². The average Bonchev–Trinajstić information content (AvgIpc) is 2.55. The van der Waals surface area contributed by atoms with Crippen LogP contribution >= 0.6 is 0 Å². The molecule has 0 heteroatoms. The molecule has 0 radical (unpaired) electrons. The molecule has 0 bridgehead atoms. The van der Waals surface area contributed by atoms with Gasteiger partial charge in [0.15, 0.2) is 0 Å². The molecule has 0 aromatic heterocycles. The second-order valence-electron chi connectivity index (χ2n) is 4.60. The second kappa shape index (κ2) is 7.30. The molecule has 0 atom stereocenters. The van der Waals surface area contributed by atoms with Crippen LogP contribution in [0, 0.1) is 0 Å². The maximum Gasteiger partial charge on any atom is -0.0184 e. The van der Waals surface area contributed by atoms with Crippen LogP contribution in [0.5, 0.6) is 0 Å². The zero-order valence-corrected chi connectivity index (χ0v) is 11.9. The summed E-state index contributed by atoms with van der Waals surface area (Å²) in [7, 11) is 0. The summed E-state index contributed by atoms with van der Waals surface area (Å²) in [5.74, 6) is 0. The molecule has 0 spiro atoms. The molecule has 0 aliphatic rings. The van der Waals surface area contributed by atoms with E-state index in [9.17, 15) is 0 Å². The maximum absolute atomic E-state index is 3.74. The minimum absolute atomic E-state index is 1.09. The molecule has 0 unspecified atom stereocenters. The van der Waals surface area contributed by atoms with E-state index >= 15 is 0 Å². The van der Waals surface area contributed by atoms with E-state index in [0.717, 1.165) is 6.42 Å². The van der Waals surface area contributed by atoms with Crippen molar-refractivity contribution in [1.29, 1.82) is 0 Å². The second-order valence-corrected chi connectivity index (χ2v) is 4.60. The van der Waals surface area contributed by atoms with Crippen LogP contribution < -0.4 is 0 Å². The van der Waals surface area contributed by atoms with Gasteiger partial charge in [-0.1, -0.05) is 92.4 Å². The summed E-state index contributed by atoms with van der Waals surface area (Å²) < 4.78 is 0. The van der Waals surface area contributed by atoms with Gasteiger partial charge in [-0.05, 0) is 28.3 Å². The summed E-state index contributed by atoms with van der Waals surface area (Å²) in [5.41, 5.74) is 2.63. The summed E-state index contributed by atoms with van der Waals surface area (Å²) in [4.78, 5) is 0. The number of fused-ring (bicyclic) bond motifs is 1. The lowest BCUT2D eigenvalue weighted by molar-refractivity contribution is 1.13. The van der Waals surface area contributed by atoms with Gasteiger partial charge in [-0.15, -0.1) is 0 Å². The smallest absolute Gasteiger partial charge is 0.0184 e. The van der Waals surface area contributed by atoms with E-state index in [4.69, 9.17) is 0 Å². The highest BCUT2D eigenvalue weighted by Crippen LogP contribution is 2.11. The monoisotopic (exact) mass is 260 g/mol. The minimum Gasteiger partial charge on any atom is -0.0985 e. The van der Waals surface area contributed by atoms with Gasteiger partial charge in [0.05, 0.1) is 0 Å². The van der Waals surface area contributed by atoms with Crippen LogP contribution in [0.3, 0.4) is 0 Å². The Hall–Kier alpha value is -2.34. The molecule has 3 aromatic rings. The number of hydrogen-bond donors (Lipinski definition) is 0. The lowest BCUT2D eigenvalue weighted by Gasteiger charge is -1.99. The van der Waals surface area contributed by atoms with Gasteiger partial charge in [0.1, 0.15) is 0 Å². The molecule has 0 N–H and O–H groups in total. The first kappa shape index (κ1) is 14.1. The highest BCUT2D eigenvalue weighted by molar-refractivity contribution is 5.82. The summed E-state index contributed by atoms with van der Waals surface area (Å²) in [5, 5.41) is 2.62. The van der Waals surface area contributed by atoms with Crippen molar-refractivity contribution >= 4 is 16.8 Å². The van der Waals surface area contributed by atoms with Crippen molar-refractivity contribution in [1.82, 2.24) is 0 Å². The molecule has 0 saturated heterocycles. The zero-order chi connectivity index (χ0) is 14.2. The highest BCUT2D eigenvalue weighted by atomic mass is 14.0. The van der Waals surface area contributed by atoms with Crippen molar-refractivity contribution in [3.8, 4) is 0 Å². The first-order valence-corrected chi connectivity index (χ1v) is 6.99. The summed E-state index contributed by atoms with van der Waals surface area (Å²) in [6.07, 6.45) is 2.99. The van der Waals surface area contributed by atoms with Crippen molar-refractivity contribution < 1.29 is 0 Å². The Morgan fingerprint density at radius 1 is 0.750 bits per heavy atom. The summed E-state index contributed by atoms with van der Waals surface area (Å²) in [6.45, 7) is 5.89. The van der Waals surface area contributed by atoms with Crippen LogP contribution in [-0.4, -0.2) is 0 Å². The van der Waals surface area contributed by atoms with Crippen LogP contribution in [0.4, 0.5) is 0 Å². The van der Waals surface area contributed by atoms with Crippen LogP contribution in [-0.2, 0) is 6.42 Å². The van der Waals surface area contributed by atoms with Crippen LogP contribution in [0.15, 0.2) is 79.4 Å². The van der Waals surface area contributed by atoms with Crippen LogP contribution in [0.2, 0.25) is 0 Å². The first-order chi connectivity index (χ1) is 9.85. The number of aryl methyl sites for hydroxylation is 1. The van der Waals surface area contributed by atoms with Crippen molar-refractivity contribution in [2.45, 2.75) is 13.3 Å². The minimum atomic E-state index is 1.09. The van der Waals surface area contributed by atoms with Crippen LogP contribution in [0.25, 0.3) is 16.8 Å². The van der Waals surface area contributed by atoms with E-state index in [1.54, 1.807) is 0 Å². The normalized spacial score (nSPS) is 9.65. The first-order valence-electron chi connectivity index (χ1n) is 6.99. The molecule has 100 valence electrons. The SMILES string of the molecule is C=Cc1ccccc1CC.c1ccc2ccccc2c1. The van der Waals surface area contributed by atoms with Crippen LogP contribution in [0.1, 0.15) is 18.1 Å². The molecule has 0 nitrogen and oxygen atoms in total. The van der Waals surface area contributed by atoms with E-state index in [-0.39, 0.29) is 0 Å². The Morgan fingerprint density at radius 3 is 1.60 bits per heavy atom. The summed E-state index contributed by atoms with van der Waals surface area (Å²) in [6, 6.07) is 25.0. The standard InChI is InChI=1S/C10H8.C10H12/c1-2-6-10-8-4-3-7-9(10)5-1;1-3-9-7-5-6-8-10(9)4-2/h1-8H;3,5-8H,1,4H2,2H3. The topological polar surface area (TPSA) is 0 Å². The number of benzene rings is 3. The molecular formula is C20H20. The largest absolute Gasteiger partial charge is 0.0985 e. The average molecular weight is 260 g/mol. The quantitative estimate of drug-likeness (QED) is 0.552. The third kappa shape index (κ3) is 3.58. The lowest BCUT2D eigenvalue weighted by atomic mass is 10.1. The molecule has 0 amide bonds. The molecule has 0 saturated carbocycles. The van der Waals surface area contributed by atoms with E-state index < -0.39 is 0 Å².